The van der Waals surface area contributed by atoms with Gasteiger partial charge in [-0.15, -0.1) is 0 Å². The van der Waals surface area contributed by atoms with Gasteiger partial charge in [0.2, 0.25) is 5.75 Å². The number of benzene rings is 1. The van der Waals surface area contributed by atoms with Crippen molar-refractivity contribution >= 4 is 11.6 Å². The highest BCUT2D eigenvalue weighted by atomic mass is 19.4. The van der Waals surface area contributed by atoms with Crippen LogP contribution >= 0.6 is 0 Å². The lowest BCUT2D eigenvalue weighted by Gasteiger charge is -2.16. The van der Waals surface area contributed by atoms with Crippen LogP contribution in [0.3, 0.4) is 0 Å². The molecule has 0 amide bonds. The molecule has 6 nitrogen and oxygen atoms in total. The highest BCUT2D eigenvalue weighted by Gasteiger charge is 2.25. The number of hydrogen-bond donors (Lipinski definition) is 2. The number of nitrogens with zero attached hydrogens (tertiary/aromatic N) is 1. The summed E-state index contributed by atoms with van der Waals surface area (Å²) in [6.07, 6.45) is -4.51. The predicted molar refractivity (Wildman–Crippen MR) is 95.6 cm³/mol. The lowest BCUT2D eigenvalue weighted by molar-refractivity contribution is -0.135. The molecule has 26 heavy (non-hydrogen) atoms. The molecule has 148 valence electrons. The minimum Gasteiger partial charge on any atom is -0.493 e. The zero-order valence-electron chi connectivity index (χ0n) is 15.5. The van der Waals surface area contributed by atoms with Crippen molar-refractivity contribution in [3.63, 3.8) is 0 Å². The molecule has 1 rings (SSSR count). The molecule has 0 bridgehead atoms. The Balaban J connectivity index is 2.81. The van der Waals surface area contributed by atoms with Gasteiger partial charge in [0, 0.05) is 37.3 Å². The number of halogens is 3. The second-order valence-electron chi connectivity index (χ2n) is 5.37. The van der Waals surface area contributed by atoms with Gasteiger partial charge < -0.3 is 24.8 Å². The van der Waals surface area contributed by atoms with E-state index in [1.165, 1.54) is 21.3 Å². The van der Waals surface area contributed by atoms with Gasteiger partial charge in [-0.1, -0.05) is 0 Å². The summed E-state index contributed by atoms with van der Waals surface area (Å²) in [6.45, 7) is 2.80. The summed E-state index contributed by atoms with van der Waals surface area (Å²) in [5.74, 6) is 1.90. The smallest absolute Gasteiger partial charge is 0.389 e. The largest absolute Gasteiger partial charge is 0.493 e. The maximum Gasteiger partial charge on any atom is 0.389 e. The molecule has 0 saturated carbocycles. The van der Waals surface area contributed by atoms with Gasteiger partial charge in [0.1, 0.15) is 0 Å². The third kappa shape index (κ3) is 7.28. The Morgan fingerprint density at radius 2 is 1.65 bits per heavy atom. The van der Waals surface area contributed by atoms with Crippen LogP contribution in [0.1, 0.15) is 26.2 Å². The summed E-state index contributed by atoms with van der Waals surface area (Å²) < 4.78 is 52.3. The average molecular weight is 377 g/mol. The molecule has 0 spiro atoms. The van der Waals surface area contributed by atoms with Crippen LogP contribution in [0.15, 0.2) is 17.1 Å². The molecular formula is C17H26F3N3O3. The second kappa shape index (κ2) is 10.6. The highest BCUT2D eigenvalue weighted by molar-refractivity contribution is 5.94. The summed E-state index contributed by atoms with van der Waals surface area (Å²) in [5.41, 5.74) is 0.648. The molecular weight excluding hydrogens is 351 g/mol. The number of aliphatic imine (C=N–C) groups is 1. The molecule has 0 radical (unpaired) electrons. The summed E-state index contributed by atoms with van der Waals surface area (Å²) in [7, 11) is 4.54. The molecule has 0 unspecified atom stereocenters. The highest BCUT2D eigenvalue weighted by Crippen LogP contribution is 2.39. The number of alkyl halides is 3. The summed E-state index contributed by atoms with van der Waals surface area (Å²) >= 11 is 0. The van der Waals surface area contributed by atoms with Crippen LogP contribution in [0.4, 0.5) is 18.9 Å². The van der Waals surface area contributed by atoms with Crippen molar-refractivity contribution < 1.29 is 27.4 Å². The molecule has 0 aliphatic rings. The van der Waals surface area contributed by atoms with E-state index in [-0.39, 0.29) is 13.0 Å². The van der Waals surface area contributed by atoms with Crippen LogP contribution < -0.4 is 24.8 Å². The first-order valence-electron chi connectivity index (χ1n) is 8.26. The zero-order chi connectivity index (χ0) is 19.6. The topological polar surface area (TPSA) is 64.1 Å². The summed E-state index contributed by atoms with van der Waals surface area (Å²) in [5, 5.41) is 6.13. The standard InChI is InChI=1S/C17H26F3N3O3/c1-5-21-16(22-9-7-6-8-17(18,19)20)23-12-10-13(24-2)15(26-4)14(11-12)25-3/h10-11H,5-9H2,1-4H3,(H2,21,22,23). The fourth-order valence-electron chi connectivity index (χ4n) is 2.23. The van der Waals surface area contributed by atoms with Gasteiger partial charge in [-0.3, -0.25) is 4.99 Å². The summed E-state index contributed by atoms with van der Waals surface area (Å²) in [4.78, 5) is 4.30. The van der Waals surface area contributed by atoms with Gasteiger partial charge in [-0.05, 0) is 19.8 Å². The minimum atomic E-state index is -4.12. The maximum atomic E-state index is 12.2. The predicted octanol–water partition coefficient (Wildman–Crippen LogP) is 3.82. The van der Waals surface area contributed by atoms with Crippen LogP contribution in [0.5, 0.6) is 17.2 Å². The Bertz CT molecular complexity index is 567. The Kier molecular flexibility index (Phi) is 8.87. The van der Waals surface area contributed by atoms with Gasteiger partial charge in [0.05, 0.1) is 21.3 Å². The van der Waals surface area contributed by atoms with Crippen molar-refractivity contribution in [2.24, 2.45) is 4.99 Å². The number of rotatable bonds is 9. The molecule has 0 aliphatic heterocycles. The number of guanidine groups is 1. The van der Waals surface area contributed by atoms with Crippen LogP contribution in [0.2, 0.25) is 0 Å². The number of anilines is 1. The molecule has 0 heterocycles. The van der Waals surface area contributed by atoms with Gasteiger partial charge in [-0.2, -0.15) is 13.2 Å². The van der Waals surface area contributed by atoms with E-state index in [1.807, 2.05) is 6.92 Å². The quantitative estimate of drug-likeness (QED) is 0.389. The van der Waals surface area contributed by atoms with Crippen molar-refractivity contribution in [3.8, 4) is 17.2 Å². The van der Waals surface area contributed by atoms with E-state index in [1.54, 1.807) is 12.1 Å². The Morgan fingerprint density at radius 1 is 1.04 bits per heavy atom. The van der Waals surface area contributed by atoms with E-state index < -0.39 is 12.6 Å². The first-order valence-corrected chi connectivity index (χ1v) is 8.26. The zero-order valence-corrected chi connectivity index (χ0v) is 15.5. The first kappa shape index (κ1) is 21.7. The number of unbranched alkanes of at least 4 members (excludes halogenated alkanes) is 1. The fourth-order valence-corrected chi connectivity index (χ4v) is 2.23. The molecule has 1 aromatic rings. The van der Waals surface area contributed by atoms with Crippen molar-refractivity contribution in [3.05, 3.63) is 12.1 Å². The number of hydrogen-bond acceptors (Lipinski definition) is 4. The van der Waals surface area contributed by atoms with Crippen LogP contribution in [0, 0.1) is 0 Å². The third-order valence-corrected chi connectivity index (χ3v) is 3.41. The van der Waals surface area contributed by atoms with E-state index in [9.17, 15) is 13.2 Å². The molecule has 1 aromatic carbocycles. The number of methoxy groups -OCH3 is 3. The van der Waals surface area contributed by atoms with Crippen LogP contribution in [0.25, 0.3) is 0 Å². The van der Waals surface area contributed by atoms with Gasteiger partial charge >= 0.3 is 6.18 Å². The number of nitrogens with one attached hydrogen (secondary N) is 2. The van der Waals surface area contributed by atoms with Crippen LogP contribution in [-0.4, -0.2) is 46.6 Å². The van der Waals surface area contributed by atoms with E-state index in [4.69, 9.17) is 14.2 Å². The normalized spacial score (nSPS) is 11.9. The Hall–Kier alpha value is -2.32. The van der Waals surface area contributed by atoms with E-state index in [2.05, 4.69) is 15.6 Å². The average Bonchev–Trinajstić information content (AvgIpc) is 2.59. The van der Waals surface area contributed by atoms with Gasteiger partial charge in [0.15, 0.2) is 17.5 Å². The minimum absolute atomic E-state index is 0.0522. The Morgan fingerprint density at radius 3 is 2.12 bits per heavy atom. The fraction of sp³-hybridized carbons (Fsp3) is 0.588. The van der Waals surface area contributed by atoms with Crippen molar-refractivity contribution in [1.82, 2.24) is 5.32 Å². The van der Waals surface area contributed by atoms with Gasteiger partial charge in [0.25, 0.3) is 0 Å². The SMILES string of the molecule is CCNC(=NCCCCC(F)(F)F)Nc1cc(OC)c(OC)c(OC)c1. The molecule has 0 atom stereocenters. The van der Waals surface area contributed by atoms with Crippen molar-refractivity contribution in [2.75, 3.05) is 39.7 Å². The lowest BCUT2D eigenvalue weighted by atomic mass is 10.2. The first-order chi connectivity index (χ1) is 12.3. The molecule has 9 heteroatoms. The van der Waals surface area contributed by atoms with Gasteiger partial charge in [-0.25, -0.2) is 0 Å². The number of ether oxygens (including phenoxy) is 3. The monoisotopic (exact) mass is 377 g/mol. The lowest BCUT2D eigenvalue weighted by Crippen LogP contribution is -2.30. The molecule has 2 N–H and O–H groups in total. The van der Waals surface area contributed by atoms with Crippen molar-refractivity contribution in [1.29, 1.82) is 0 Å². The second-order valence-corrected chi connectivity index (χ2v) is 5.37. The molecule has 0 aliphatic carbocycles. The maximum absolute atomic E-state index is 12.2. The third-order valence-electron chi connectivity index (χ3n) is 3.41. The van der Waals surface area contributed by atoms with Crippen LogP contribution in [-0.2, 0) is 0 Å². The summed E-state index contributed by atoms with van der Waals surface area (Å²) in [6, 6.07) is 3.44. The van der Waals surface area contributed by atoms with Crippen molar-refractivity contribution in [2.45, 2.75) is 32.4 Å². The Labute approximate surface area is 151 Å². The molecule has 0 aromatic heterocycles. The van der Waals surface area contributed by atoms with E-state index in [0.717, 1.165) is 0 Å². The molecule has 0 saturated heterocycles. The van der Waals surface area contributed by atoms with E-state index in [0.29, 0.717) is 41.9 Å². The molecule has 0 fully saturated rings. The van der Waals surface area contributed by atoms with E-state index >= 15 is 0 Å².